The summed E-state index contributed by atoms with van der Waals surface area (Å²) in [5.74, 6) is 0.615. The van der Waals surface area contributed by atoms with Gasteiger partial charge in [0.05, 0.1) is 23.4 Å². The predicted molar refractivity (Wildman–Crippen MR) is 177 cm³/mol. The standard InChI is InChI=1S/C35H48F2N6/c1-4-7-9-13-29(19-24-38-6-3)41-35-40-26-20-30(42-35)27-28-16-17-34(33-15-11-10-14-32(28)33)43(37)31(18-22-36)21-25-39-23-12-8-5-2/h6,10-11,14-18,20-22,26,29,38-39H,3-5,7-9,12-13,19,23-25,27H2,1-2H3,(H,40,41,42)/b22-18+,31-21+. The molecule has 0 fully saturated rings. The molecule has 8 heteroatoms. The Morgan fingerprint density at radius 2 is 1.77 bits per heavy atom. The minimum atomic E-state index is 0.145. The first kappa shape index (κ1) is 33.7. The van der Waals surface area contributed by atoms with E-state index in [1.54, 1.807) is 24.5 Å². The lowest BCUT2D eigenvalue weighted by Crippen LogP contribution is -2.25. The van der Waals surface area contributed by atoms with Crippen molar-refractivity contribution in [3.8, 4) is 0 Å². The summed E-state index contributed by atoms with van der Waals surface area (Å²) in [6, 6.07) is 13.6. The number of rotatable bonds is 21. The van der Waals surface area contributed by atoms with E-state index in [-0.39, 0.29) is 11.7 Å². The van der Waals surface area contributed by atoms with Crippen LogP contribution in [0.4, 0.5) is 20.5 Å². The Morgan fingerprint density at radius 3 is 2.53 bits per heavy atom. The van der Waals surface area contributed by atoms with E-state index >= 15 is 4.48 Å². The number of nitrogens with one attached hydrogen (secondary N) is 3. The molecular formula is C35H48F2N6. The van der Waals surface area contributed by atoms with E-state index in [4.69, 9.17) is 4.98 Å². The second kappa shape index (κ2) is 19.4. The lowest BCUT2D eigenvalue weighted by atomic mass is 9.99. The first-order valence-corrected chi connectivity index (χ1v) is 15.7. The number of aromatic nitrogens is 2. The molecule has 0 aliphatic rings. The Hall–Kier alpha value is -3.78. The summed E-state index contributed by atoms with van der Waals surface area (Å²) < 4.78 is 29.0. The third-order valence-electron chi connectivity index (χ3n) is 7.43. The van der Waals surface area contributed by atoms with Gasteiger partial charge in [-0.1, -0.05) is 87.3 Å². The van der Waals surface area contributed by atoms with Crippen molar-refractivity contribution in [3.63, 3.8) is 0 Å². The SMILES string of the molecule is C=CNCCC(CCCCC)Nc1nccc(Cc2ccc(N(F)C(/C=C/F)=C/CNCCCCC)c3ccccc23)n1. The maximum Gasteiger partial charge on any atom is 0.223 e. The van der Waals surface area contributed by atoms with E-state index in [1.165, 1.54) is 12.8 Å². The average molecular weight is 591 g/mol. The van der Waals surface area contributed by atoms with Crippen LogP contribution in [-0.4, -0.2) is 35.6 Å². The van der Waals surface area contributed by atoms with Crippen molar-refractivity contribution in [1.82, 2.24) is 20.6 Å². The highest BCUT2D eigenvalue weighted by Gasteiger charge is 2.16. The van der Waals surface area contributed by atoms with Gasteiger partial charge >= 0.3 is 0 Å². The Morgan fingerprint density at radius 1 is 0.977 bits per heavy atom. The van der Waals surface area contributed by atoms with Crippen molar-refractivity contribution >= 4 is 22.4 Å². The molecule has 6 nitrogen and oxygen atoms in total. The maximum absolute atomic E-state index is 15.8. The van der Waals surface area contributed by atoms with Crippen LogP contribution in [-0.2, 0) is 6.42 Å². The Bertz CT molecular complexity index is 1310. The number of halogens is 2. The Kier molecular flexibility index (Phi) is 15.2. The molecule has 0 saturated heterocycles. The number of nitrogens with zero attached hydrogens (tertiary/aromatic N) is 3. The van der Waals surface area contributed by atoms with Gasteiger partial charge in [0, 0.05) is 37.1 Å². The van der Waals surface area contributed by atoms with E-state index < -0.39 is 0 Å². The van der Waals surface area contributed by atoms with E-state index in [9.17, 15) is 4.39 Å². The first-order chi connectivity index (χ1) is 21.1. The van der Waals surface area contributed by atoms with Crippen LogP contribution in [0.1, 0.15) is 76.5 Å². The molecular weight excluding hydrogens is 542 g/mol. The van der Waals surface area contributed by atoms with Crippen LogP contribution in [0.3, 0.4) is 0 Å². The number of unbranched alkanes of at least 4 members (excludes halogenated alkanes) is 4. The molecule has 3 rings (SSSR count). The molecule has 232 valence electrons. The van der Waals surface area contributed by atoms with Crippen molar-refractivity contribution < 1.29 is 8.87 Å². The van der Waals surface area contributed by atoms with Gasteiger partial charge in [-0.25, -0.2) is 14.4 Å². The van der Waals surface area contributed by atoms with Gasteiger partial charge in [0.2, 0.25) is 5.95 Å². The smallest absolute Gasteiger partial charge is 0.223 e. The first-order valence-electron chi connectivity index (χ1n) is 15.7. The van der Waals surface area contributed by atoms with Crippen LogP contribution in [0.2, 0.25) is 0 Å². The minimum absolute atomic E-state index is 0.145. The van der Waals surface area contributed by atoms with Crippen molar-refractivity contribution in [2.45, 2.75) is 77.7 Å². The van der Waals surface area contributed by atoms with Crippen LogP contribution < -0.4 is 21.1 Å². The molecule has 3 N–H and O–H groups in total. The second-order valence-electron chi connectivity index (χ2n) is 10.7. The molecule has 0 amide bonds. The van der Waals surface area contributed by atoms with Gasteiger partial charge in [-0.15, -0.1) is 0 Å². The molecule has 1 atom stereocenters. The molecule has 0 aliphatic heterocycles. The number of benzene rings is 2. The fraction of sp³-hybridized carbons (Fsp3) is 0.429. The van der Waals surface area contributed by atoms with Crippen LogP contribution in [0.5, 0.6) is 0 Å². The zero-order valence-corrected chi connectivity index (χ0v) is 25.8. The Labute approximate surface area is 256 Å². The van der Waals surface area contributed by atoms with E-state index in [2.05, 4.69) is 41.4 Å². The van der Waals surface area contributed by atoms with Gasteiger partial charge in [-0.3, -0.25) is 0 Å². The molecule has 0 saturated carbocycles. The van der Waals surface area contributed by atoms with Crippen LogP contribution in [0.15, 0.2) is 85.6 Å². The molecule has 3 aromatic rings. The number of allylic oxidation sites excluding steroid dienone is 1. The summed E-state index contributed by atoms with van der Waals surface area (Å²) >= 11 is 0. The fourth-order valence-corrected chi connectivity index (χ4v) is 5.10. The molecule has 0 radical (unpaired) electrons. The van der Waals surface area contributed by atoms with Gasteiger partial charge < -0.3 is 16.0 Å². The number of hydrogen-bond donors (Lipinski definition) is 3. The lowest BCUT2D eigenvalue weighted by molar-refractivity contribution is 0.485. The molecule has 1 heterocycles. The number of fused-ring (bicyclic) bond motifs is 1. The van der Waals surface area contributed by atoms with Gasteiger partial charge in [0.25, 0.3) is 0 Å². The Balaban J connectivity index is 1.79. The third-order valence-corrected chi connectivity index (χ3v) is 7.43. The minimum Gasteiger partial charge on any atom is -0.391 e. The molecule has 0 spiro atoms. The molecule has 0 bridgehead atoms. The van der Waals surface area contributed by atoms with E-state index in [1.807, 2.05) is 36.4 Å². The summed E-state index contributed by atoms with van der Waals surface area (Å²) in [5.41, 5.74) is 2.41. The zero-order chi connectivity index (χ0) is 30.7. The molecule has 0 aliphatic carbocycles. The number of anilines is 2. The third kappa shape index (κ3) is 11.1. The highest BCUT2D eigenvalue weighted by molar-refractivity contribution is 5.97. The monoisotopic (exact) mass is 590 g/mol. The van der Waals surface area contributed by atoms with Gasteiger partial charge in [-0.05, 0) is 67.2 Å². The van der Waals surface area contributed by atoms with E-state index in [0.29, 0.717) is 36.1 Å². The van der Waals surface area contributed by atoms with Crippen molar-refractivity contribution in [1.29, 1.82) is 0 Å². The van der Waals surface area contributed by atoms with Crippen molar-refractivity contribution in [2.75, 3.05) is 30.1 Å². The lowest BCUT2D eigenvalue weighted by Gasteiger charge is -2.20. The average Bonchev–Trinajstić information content (AvgIpc) is 3.02. The van der Waals surface area contributed by atoms with Crippen molar-refractivity contribution in [3.05, 3.63) is 96.9 Å². The van der Waals surface area contributed by atoms with Gasteiger partial charge in [0.1, 0.15) is 0 Å². The quantitative estimate of drug-likeness (QED) is 0.0656. The molecule has 2 aromatic carbocycles. The second-order valence-corrected chi connectivity index (χ2v) is 10.7. The van der Waals surface area contributed by atoms with Crippen LogP contribution in [0, 0.1) is 0 Å². The predicted octanol–water partition coefficient (Wildman–Crippen LogP) is 8.54. The largest absolute Gasteiger partial charge is 0.391 e. The van der Waals surface area contributed by atoms with Gasteiger partial charge in [-0.2, -0.15) is 5.12 Å². The van der Waals surface area contributed by atoms with Gasteiger partial charge in [0.15, 0.2) is 0 Å². The molecule has 1 aromatic heterocycles. The normalized spacial score (nSPS) is 12.5. The highest BCUT2D eigenvalue weighted by Crippen LogP contribution is 2.33. The van der Waals surface area contributed by atoms with E-state index in [0.717, 1.165) is 79.7 Å². The summed E-state index contributed by atoms with van der Waals surface area (Å²) in [6.45, 7) is 10.2. The zero-order valence-electron chi connectivity index (χ0n) is 25.8. The summed E-state index contributed by atoms with van der Waals surface area (Å²) in [5, 5.41) is 12.2. The summed E-state index contributed by atoms with van der Waals surface area (Å²) in [4.78, 5) is 9.32. The maximum atomic E-state index is 15.8. The van der Waals surface area contributed by atoms with Crippen LogP contribution >= 0.6 is 0 Å². The molecule has 1 unspecified atom stereocenters. The van der Waals surface area contributed by atoms with Crippen LogP contribution in [0.25, 0.3) is 10.8 Å². The molecule has 43 heavy (non-hydrogen) atoms. The fourth-order valence-electron chi connectivity index (χ4n) is 5.10. The number of hydrogen-bond acceptors (Lipinski definition) is 6. The summed E-state index contributed by atoms with van der Waals surface area (Å²) in [7, 11) is 0. The highest BCUT2D eigenvalue weighted by atomic mass is 19.2. The summed E-state index contributed by atoms with van der Waals surface area (Å²) in [6.07, 6.45) is 16.1. The topological polar surface area (TPSA) is 65.1 Å². The van der Waals surface area contributed by atoms with Crippen molar-refractivity contribution in [2.24, 2.45) is 0 Å².